The van der Waals surface area contributed by atoms with Crippen LogP contribution in [0, 0.1) is 16.7 Å². The molecule has 1 unspecified atom stereocenters. The summed E-state index contributed by atoms with van der Waals surface area (Å²) in [5.74, 6) is 0.272. The fourth-order valence-electron chi connectivity index (χ4n) is 3.64. The van der Waals surface area contributed by atoms with Gasteiger partial charge in [-0.2, -0.15) is 5.26 Å². The maximum atomic E-state index is 12.9. The van der Waals surface area contributed by atoms with Gasteiger partial charge in [-0.05, 0) is 43.9 Å². The summed E-state index contributed by atoms with van der Waals surface area (Å²) >= 11 is 0. The molecule has 2 aliphatic rings. The molecule has 1 spiro atoms. The maximum Gasteiger partial charge on any atom is 0.230 e. The topological polar surface area (TPSA) is 56.1 Å². The Morgan fingerprint density at radius 2 is 2.05 bits per heavy atom. The fourth-order valence-corrected chi connectivity index (χ4v) is 3.64. The maximum absolute atomic E-state index is 12.9. The van der Waals surface area contributed by atoms with Crippen molar-refractivity contribution in [2.24, 2.45) is 5.41 Å². The summed E-state index contributed by atoms with van der Waals surface area (Å²) in [7, 11) is 0. The van der Waals surface area contributed by atoms with E-state index in [1.165, 1.54) is 0 Å². The van der Waals surface area contributed by atoms with Crippen LogP contribution in [0.15, 0.2) is 24.3 Å². The molecule has 3 rings (SSSR count). The lowest BCUT2D eigenvalue weighted by Gasteiger charge is -2.44. The number of hydrogen-bond acceptors (Lipinski definition) is 3. The van der Waals surface area contributed by atoms with Crippen molar-refractivity contribution in [3.8, 4) is 6.07 Å². The third-order valence-electron chi connectivity index (χ3n) is 4.80. The van der Waals surface area contributed by atoms with E-state index in [1.807, 2.05) is 29.2 Å². The molecule has 1 N–H and O–H groups in total. The average molecular weight is 320 g/mol. The van der Waals surface area contributed by atoms with E-state index in [9.17, 15) is 10.1 Å². The molecule has 0 radical (unpaired) electrons. The van der Waals surface area contributed by atoms with Crippen molar-refractivity contribution in [3.63, 3.8) is 0 Å². The molecular weight excluding hydrogens is 298 g/mol. The summed E-state index contributed by atoms with van der Waals surface area (Å²) < 4.78 is 0. The lowest BCUT2D eigenvalue weighted by atomic mass is 9.73. The molecule has 0 aliphatic carbocycles. The fraction of sp³-hybridized carbons (Fsp3) is 0.529. The monoisotopic (exact) mass is 319 g/mol. The summed E-state index contributed by atoms with van der Waals surface area (Å²) in [5.41, 5.74) is 1.43. The number of nitrogens with zero attached hydrogens (tertiary/aromatic N) is 2. The van der Waals surface area contributed by atoms with Gasteiger partial charge in [0.25, 0.3) is 0 Å². The molecule has 2 fully saturated rings. The van der Waals surface area contributed by atoms with E-state index in [0.29, 0.717) is 12.1 Å². The second kappa shape index (κ2) is 7.13. The Labute approximate surface area is 137 Å². The number of benzene rings is 1. The molecule has 0 aromatic heterocycles. The lowest BCUT2D eigenvalue weighted by Crippen LogP contribution is -2.54. The highest BCUT2D eigenvalue weighted by Crippen LogP contribution is 2.37. The number of rotatable bonds is 2. The predicted octanol–water partition coefficient (Wildman–Crippen LogP) is 2.47. The van der Waals surface area contributed by atoms with Crippen molar-refractivity contribution < 1.29 is 4.79 Å². The second-order valence-corrected chi connectivity index (χ2v) is 6.16. The molecule has 1 aromatic rings. The Bertz CT molecular complexity index is 570. The van der Waals surface area contributed by atoms with E-state index >= 15 is 0 Å². The van der Waals surface area contributed by atoms with E-state index in [-0.39, 0.29) is 23.7 Å². The van der Waals surface area contributed by atoms with Gasteiger partial charge in [0.1, 0.15) is 0 Å². The Hall–Kier alpha value is -1.57. The van der Waals surface area contributed by atoms with Gasteiger partial charge < -0.3 is 10.2 Å². The van der Waals surface area contributed by atoms with Crippen LogP contribution in [-0.4, -0.2) is 30.4 Å². The highest BCUT2D eigenvalue weighted by Gasteiger charge is 2.44. The van der Waals surface area contributed by atoms with Crippen LogP contribution in [0.4, 0.5) is 0 Å². The first-order chi connectivity index (χ1) is 10.2. The normalized spacial score (nSPS) is 24.7. The summed E-state index contributed by atoms with van der Waals surface area (Å²) in [6.07, 6.45) is 4.13. The quantitative estimate of drug-likeness (QED) is 0.911. The van der Waals surface area contributed by atoms with E-state index in [1.54, 1.807) is 0 Å². The molecule has 1 atom stereocenters. The average Bonchev–Trinajstić information content (AvgIpc) is 2.53. The van der Waals surface area contributed by atoms with Crippen molar-refractivity contribution >= 4 is 18.3 Å². The minimum absolute atomic E-state index is 0. The van der Waals surface area contributed by atoms with Crippen LogP contribution >= 0.6 is 12.4 Å². The molecule has 5 heteroatoms. The third kappa shape index (κ3) is 3.11. The van der Waals surface area contributed by atoms with E-state index < -0.39 is 0 Å². The van der Waals surface area contributed by atoms with Crippen molar-refractivity contribution in [2.45, 2.75) is 32.2 Å². The zero-order chi connectivity index (χ0) is 14.7. The summed E-state index contributed by atoms with van der Waals surface area (Å²) in [6.45, 7) is 3.19. The summed E-state index contributed by atoms with van der Waals surface area (Å²) in [6, 6.07) is 9.79. The molecule has 0 saturated carbocycles. The van der Waals surface area contributed by atoms with Gasteiger partial charge in [0.05, 0.1) is 17.0 Å². The van der Waals surface area contributed by atoms with Crippen molar-refractivity contribution in [3.05, 3.63) is 35.4 Å². The van der Waals surface area contributed by atoms with Crippen LogP contribution in [0.5, 0.6) is 0 Å². The Morgan fingerprint density at radius 3 is 2.77 bits per heavy atom. The summed E-state index contributed by atoms with van der Waals surface area (Å²) in [5, 5.41) is 12.6. The smallest absolute Gasteiger partial charge is 0.230 e. The van der Waals surface area contributed by atoms with Crippen LogP contribution in [0.25, 0.3) is 0 Å². The van der Waals surface area contributed by atoms with Crippen LogP contribution in [-0.2, 0) is 11.3 Å². The third-order valence-corrected chi connectivity index (χ3v) is 4.80. The standard InChI is InChI=1S/C17H21N3O.ClH/c18-11-14-5-1-2-6-15(14)12-20-10-4-8-17(16(20)21)7-3-9-19-13-17;/h1-2,5-6,19H,3-4,7-10,12-13H2;1H. The number of carbonyl (C=O) groups excluding carboxylic acids is 1. The zero-order valence-electron chi connectivity index (χ0n) is 12.7. The van der Waals surface area contributed by atoms with Crippen LogP contribution in [0.3, 0.4) is 0 Å². The number of hydrogen-bond donors (Lipinski definition) is 1. The predicted molar refractivity (Wildman–Crippen MR) is 87.6 cm³/mol. The SMILES string of the molecule is Cl.N#Cc1ccccc1CN1CCCC2(CCCNC2)C1=O. The van der Waals surface area contributed by atoms with E-state index in [4.69, 9.17) is 0 Å². The second-order valence-electron chi connectivity index (χ2n) is 6.16. The number of carbonyl (C=O) groups is 1. The number of nitriles is 1. The van der Waals surface area contributed by atoms with Crippen LogP contribution < -0.4 is 5.32 Å². The Balaban J connectivity index is 0.00000176. The molecule has 1 aromatic carbocycles. The van der Waals surface area contributed by atoms with Crippen LogP contribution in [0.2, 0.25) is 0 Å². The van der Waals surface area contributed by atoms with Crippen molar-refractivity contribution in [1.82, 2.24) is 10.2 Å². The zero-order valence-corrected chi connectivity index (χ0v) is 13.5. The molecule has 22 heavy (non-hydrogen) atoms. The Kier molecular flexibility index (Phi) is 5.44. The first-order valence-corrected chi connectivity index (χ1v) is 7.73. The van der Waals surface area contributed by atoms with Gasteiger partial charge in [-0.1, -0.05) is 18.2 Å². The van der Waals surface area contributed by atoms with Gasteiger partial charge >= 0.3 is 0 Å². The molecule has 0 bridgehead atoms. The lowest BCUT2D eigenvalue weighted by molar-refractivity contribution is -0.148. The van der Waals surface area contributed by atoms with Gasteiger partial charge in [0.2, 0.25) is 5.91 Å². The minimum Gasteiger partial charge on any atom is -0.338 e. The number of likely N-dealkylation sites (tertiary alicyclic amines) is 1. The summed E-state index contributed by atoms with van der Waals surface area (Å²) in [4.78, 5) is 14.9. The van der Waals surface area contributed by atoms with Gasteiger partial charge in [-0.25, -0.2) is 0 Å². The van der Waals surface area contributed by atoms with Gasteiger partial charge in [-0.15, -0.1) is 12.4 Å². The molecule has 2 saturated heterocycles. The number of nitrogens with one attached hydrogen (secondary N) is 1. The van der Waals surface area contributed by atoms with Gasteiger partial charge in [0.15, 0.2) is 0 Å². The van der Waals surface area contributed by atoms with Crippen molar-refractivity contribution in [1.29, 1.82) is 5.26 Å². The van der Waals surface area contributed by atoms with E-state index in [0.717, 1.165) is 50.9 Å². The molecule has 2 aliphatic heterocycles. The van der Waals surface area contributed by atoms with Gasteiger partial charge in [-0.3, -0.25) is 4.79 Å². The molecule has 118 valence electrons. The molecule has 1 amide bonds. The molecule has 2 heterocycles. The molecule has 4 nitrogen and oxygen atoms in total. The number of amides is 1. The van der Waals surface area contributed by atoms with E-state index in [2.05, 4.69) is 11.4 Å². The first kappa shape index (κ1) is 16.8. The largest absolute Gasteiger partial charge is 0.338 e. The molecular formula is C17H22ClN3O. The number of piperidine rings is 2. The first-order valence-electron chi connectivity index (χ1n) is 7.73. The van der Waals surface area contributed by atoms with Gasteiger partial charge in [0, 0.05) is 19.6 Å². The minimum atomic E-state index is -0.196. The van der Waals surface area contributed by atoms with Crippen molar-refractivity contribution in [2.75, 3.05) is 19.6 Å². The number of halogens is 1. The highest BCUT2D eigenvalue weighted by atomic mass is 35.5. The highest BCUT2D eigenvalue weighted by molar-refractivity contribution is 5.85. The van der Waals surface area contributed by atoms with Crippen LogP contribution in [0.1, 0.15) is 36.8 Å². The Morgan fingerprint density at radius 1 is 1.27 bits per heavy atom.